The first-order valence-corrected chi connectivity index (χ1v) is 7.14. The molecule has 0 saturated heterocycles. The second kappa shape index (κ2) is 7.64. The zero-order valence-electron chi connectivity index (χ0n) is 12.8. The number of aromatic nitrogens is 1. The highest BCUT2D eigenvalue weighted by Gasteiger charge is 2.14. The van der Waals surface area contributed by atoms with Crippen molar-refractivity contribution in [1.82, 2.24) is 10.3 Å². The fourth-order valence-electron chi connectivity index (χ4n) is 2.22. The Morgan fingerprint density at radius 2 is 1.71 bits per heavy atom. The molecule has 0 saturated carbocycles. The van der Waals surface area contributed by atoms with Crippen molar-refractivity contribution < 1.29 is 9.47 Å². The average Bonchev–Trinajstić information content (AvgIpc) is 2.56. The third kappa shape index (κ3) is 3.95. The van der Waals surface area contributed by atoms with Gasteiger partial charge in [-0.25, -0.2) is 0 Å². The molecule has 0 bridgehead atoms. The summed E-state index contributed by atoms with van der Waals surface area (Å²) >= 11 is 0. The Bertz CT molecular complexity index is 555. The summed E-state index contributed by atoms with van der Waals surface area (Å²) in [5.74, 6) is 1.63. The molecule has 0 amide bonds. The molecule has 1 atom stereocenters. The topological polar surface area (TPSA) is 43.4 Å². The third-order valence-corrected chi connectivity index (χ3v) is 3.35. The molecule has 1 unspecified atom stereocenters. The standard InChI is InChI=1S/C17H22N2O2/c1-4-9-19-17(13-5-7-15(20-2)8-6-13)14-10-16(21-3)12-18-11-14/h5-8,10-12,17,19H,4,9H2,1-3H3. The van der Waals surface area contributed by atoms with Crippen LogP contribution in [0.2, 0.25) is 0 Å². The SMILES string of the molecule is CCCNC(c1ccc(OC)cc1)c1cncc(OC)c1. The van der Waals surface area contributed by atoms with E-state index < -0.39 is 0 Å². The van der Waals surface area contributed by atoms with Gasteiger partial charge in [0.05, 0.1) is 26.5 Å². The van der Waals surface area contributed by atoms with Crippen molar-refractivity contribution in [2.45, 2.75) is 19.4 Å². The highest BCUT2D eigenvalue weighted by Crippen LogP contribution is 2.25. The summed E-state index contributed by atoms with van der Waals surface area (Å²) in [4.78, 5) is 4.25. The van der Waals surface area contributed by atoms with E-state index in [1.54, 1.807) is 20.4 Å². The minimum absolute atomic E-state index is 0.0958. The van der Waals surface area contributed by atoms with Gasteiger partial charge in [0.15, 0.2) is 0 Å². The normalized spacial score (nSPS) is 12.0. The summed E-state index contributed by atoms with van der Waals surface area (Å²) in [7, 11) is 3.33. The highest BCUT2D eigenvalue weighted by molar-refractivity contribution is 5.36. The van der Waals surface area contributed by atoms with Gasteiger partial charge in [0.2, 0.25) is 0 Å². The molecular formula is C17H22N2O2. The van der Waals surface area contributed by atoms with Crippen molar-refractivity contribution >= 4 is 0 Å². The van der Waals surface area contributed by atoms with Gasteiger partial charge in [0.1, 0.15) is 11.5 Å². The number of nitrogens with one attached hydrogen (secondary N) is 1. The molecule has 0 aliphatic carbocycles. The van der Waals surface area contributed by atoms with Crippen LogP contribution in [-0.2, 0) is 0 Å². The summed E-state index contributed by atoms with van der Waals surface area (Å²) in [6, 6.07) is 10.2. The molecule has 4 nitrogen and oxygen atoms in total. The van der Waals surface area contributed by atoms with Gasteiger partial charge in [-0.05, 0) is 42.3 Å². The minimum Gasteiger partial charge on any atom is -0.497 e. The Balaban J connectivity index is 2.31. The van der Waals surface area contributed by atoms with E-state index in [2.05, 4.69) is 29.4 Å². The molecule has 0 radical (unpaired) electrons. The maximum atomic E-state index is 5.27. The molecular weight excluding hydrogens is 264 g/mol. The summed E-state index contributed by atoms with van der Waals surface area (Å²) in [6.07, 6.45) is 4.67. The zero-order valence-corrected chi connectivity index (χ0v) is 12.8. The summed E-state index contributed by atoms with van der Waals surface area (Å²) in [5, 5.41) is 3.55. The van der Waals surface area contributed by atoms with Crippen LogP contribution in [0.4, 0.5) is 0 Å². The smallest absolute Gasteiger partial charge is 0.137 e. The van der Waals surface area contributed by atoms with E-state index in [1.165, 1.54) is 5.56 Å². The van der Waals surface area contributed by atoms with Crippen LogP contribution in [-0.4, -0.2) is 25.7 Å². The van der Waals surface area contributed by atoms with E-state index in [9.17, 15) is 0 Å². The van der Waals surface area contributed by atoms with E-state index in [1.807, 2.05) is 24.4 Å². The molecule has 2 aromatic rings. The lowest BCUT2D eigenvalue weighted by atomic mass is 9.99. The Labute approximate surface area is 126 Å². The van der Waals surface area contributed by atoms with Gasteiger partial charge in [-0.15, -0.1) is 0 Å². The van der Waals surface area contributed by atoms with E-state index in [4.69, 9.17) is 9.47 Å². The maximum Gasteiger partial charge on any atom is 0.137 e. The van der Waals surface area contributed by atoms with Crippen molar-refractivity contribution in [2.24, 2.45) is 0 Å². The Morgan fingerprint density at radius 3 is 2.33 bits per heavy atom. The molecule has 21 heavy (non-hydrogen) atoms. The van der Waals surface area contributed by atoms with Crippen molar-refractivity contribution in [3.63, 3.8) is 0 Å². The van der Waals surface area contributed by atoms with Crippen molar-refractivity contribution in [1.29, 1.82) is 0 Å². The largest absolute Gasteiger partial charge is 0.497 e. The molecule has 112 valence electrons. The molecule has 0 spiro atoms. The monoisotopic (exact) mass is 286 g/mol. The summed E-state index contributed by atoms with van der Waals surface area (Å²) < 4.78 is 10.5. The molecule has 1 heterocycles. The lowest BCUT2D eigenvalue weighted by Crippen LogP contribution is -2.23. The maximum absolute atomic E-state index is 5.27. The van der Waals surface area contributed by atoms with Crippen LogP contribution in [0.15, 0.2) is 42.7 Å². The van der Waals surface area contributed by atoms with Crippen LogP contribution in [0.1, 0.15) is 30.5 Å². The van der Waals surface area contributed by atoms with Crippen LogP contribution in [0.25, 0.3) is 0 Å². The predicted molar refractivity (Wildman–Crippen MR) is 83.9 cm³/mol. The van der Waals surface area contributed by atoms with Crippen LogP contribution in [0, 0.1) is 0 Å². The number of hydrogen-bond acceptors (Lipinski definition) is 4. The van der Waals surface area contributed by atoms with E-state index in [-0.39, 0.29) is 6.04 Å². The Kier molecular flexibility index (Phi) is 5.58. The summed E-state index contributed by atoms with van der Waals surface area (Å²) in [5.41, 5.74) is 2.27. The first-order valence-electron chi connectivity index (χ1n) is 7.14. The second-order valence-electron chi connectivity index (χ2n) is 4.82. The van der Waals surface area contributed by atoms with E-state index >= 15 is 0 Å². The molecule has 4 heteroatoms. The summed E-state index contributed by atoms with van der Waals surface area (Å²) in [6.45, 7) is 3.09. The number of hydrogen-bond donors (Lipinski definition) is 1. The van der Waals surface area contributed by atoms with Crippen LogP contribution in [0.5, 0.6) is 11.5 Å². The van der Waals surface area contributed by atoms with Gasteiger partial charge in [0.25, 0.3) is 0 Å². The number of rotatable bonds is 7. The lowest BCUT2D eigenvalue weighted by Gasteiger charge is -2.20. The van der Waals surface area contributed by atoms with Gasteiger partial charge in [0, 0.05) is 6.20 Å². The number of pyridine rings is 1. The molecule has 1 aromatic heterocycles. The number of benzene rings is 1. The first kappa shape index (κ1) is 15.3. The van der Waals surface area contributed by atoms with E-state index in [0.29, 0.717) is 0 Å². The Hall–Kier alpha value is -2.07. The van der Waals surface area contributed by atoms with Crippen LogP contribution >= 0.6 is 0 Å². The second-order valence-corrected chi connectivity index (χ2v) is 4.82. The van der Waals surface area contributed by atoms with Gasteiger partial charge in [-0.2, -0.15) is 0 Å². The first-order chi connectivity index (χ1) is 10.3. The molecule has 0 fully saturated rings. The zero-order chi connectivity index (χ0) is 15.1. The number of methoxy groups -OCH3 is 2. The molecule has 1 aromatic carbocycles. The average molecular weight is 286 g/mol. The fraction of sp³-hybridized carbons (Fsp3) is 0.353. The highest BCUT2D eigenvalue weighted by atomic mass is 16.5. The Morgan fingerprint density at radius 1 is 1.00 bits per heavy atom. The molecule has 0 aliphatic rings. The third-order valence-electron chi connectivity index (χ3n) is 3.35. The van der Waals surface area contributed by atoms with Crippen molar-refractivity contribution in [2.75, 3.05) is 20.8 Å². The van der Waals surface area contributed by atoms with Crippen molar-refractivity contribution in [3.05, 3.63) is 53.9 Å². The van der Waals surface area contributed by atoms with Gasteiger partial charge in [-0.1, -0.05) is 19.1 Å². The molecule has 1 N–H and O–H groups in total. The van der Waals surface area contributed by atoms with Crippen molar-refractivity contribution in [3.8, 4) is 11.5 Å². The van der Waals surface area contributed by atoms with E-state index in [0.717, 1.165) is 30.0 Å². The quantitative estimate of drug-likeness (QED) is 0.849. The van der Waals surface area contributed by atoms with Gasteiger partial charge < -0.3 is 14.8 Å². The van der Waals surface area contributed by atoms with Crippen LogP contribution in [0.3, 0.4) is 0 Å². The fourth-order valence-corrected chi connectivity index (χ4v) is 2.22. The van der Waals surface area contributed by atoms with Gasteiger partial charge >= 0.3 is 0 Å². The van der Waals surface area contributed by atoms with Crippen LogP contribution < -0.4 is 14.8 Å². The van der Waals surface area contributed by atoms with Gasteiger partial charge in [-0.3, -0.25) is 4.98 Å². The number of ether oxygens (including phenoxy) is 2. The molecule has 2 rings (SSSR count). The lowest BCUT2D eigenvalue weighted by molar-refractivity contribution is 0.411. The minimum atomic E-state index is 0.0958. The molecule has 0 aliphatic heterocycles. The predicted octanol–water partition coefficient (Wildman–Crippen LogP) is 3.19. The number of nitrogens with zero attached hydrogens (tertiary/aromatic N) is 1.